The Kier molecular flexibility index (Phi) is 16.6. The van der Waals surface area contributed by atoms with Crippen LogP contribution in [0.1, 0.15) is 57.7 Å². The summed E-state index contributed by atoms with van der Waals surface area (Å²) in [6.45, 7) is 17.0. The molecule has 1 amide bonds. The van der Waals surface area contributed by atoms with Gasteiger partial charge in [-0.2, -0.15) is 8.78 Å². The molecule has 1 aliphatic heterocycles. The predicted octanol–water partition coefficient (Wildman–Crippen LogP) is 5.10. The molecule has 0 spiro atoms. The third kappa shape index (κ3) is 9.82. The fourth-order valence-electron chi connectivity index (χ4n) is 3.77. The first-order valence-electron chi connectivity index (χ1n) is 13.5. The number of carbonyl (C=O) groups excluding carboxylic acids is 1. The molecule has 0 saturated carbocycles. The summed E-state index contributed by atoms with van der Waals surface area (Å²) >= 11 is 0. The normalized spacial score (nSPS) is 14.1. The van der Waals surface area contributed by atoms with Crippen LogP contribution in [0.5, 0.6) is 5.75 Å². The number of pyridine rings is 1. The van der Waals surface area contributed by atoms with E-state index in [9.17, 15) is 23.8 Å². The number of aromatic nitrogens is 2. The van der Waals surface area contributed by atoms with Crippen molar-refractivity contribution in [1.29, 1.82) is 0 Å². The number of alkyl halides is 2. The van der Waals surface area contributed by atoms with Crippen LogP contribution in [0.2, 0.25) is 0 Å². The van der Waals surface area contributed by atoms with E-state index in [1.807, 2.05) is 27.7 Å². The number of phenols is 1. The second-order valence-electron chi connectivity index (χ2n) is 8.36. The predicted molar refractivity (Wildman–Crippen MR) is 168 cm³/mol. The molecule has 42 heavy (non-hydrogen) atoms. The van der Waals surface area contributed by atoms with E-state index < -0.39 is 17.0 Å². The Morgan fingerprint density at radius 3 is 2.21 bits per heavy atom. The van der Waals surface area contributed by atoms with Crippen molar-refractivity contribution in [2.75, 3.05) is 20.1 Å². The largest absolute Gasteiger partial charge is 0.506 e. The number of amides is 1. The molecule has 0 bridgehead atoms. The molecule has 1 fully saturated rings. The van der Waals surface area contributed by atoms with Crippen molar-refractivity contribution in [1.82, 2.24) is 14.9 Å². The number of amidine groups is 1. The first-order chi connectivity index (χ1) is 19.9. The lowest BCUT2D eigenvalue weighted by Gasteiger charge is -2.35. The van der Waals surface area contributed by atoms with E-state index in [1.165, 1.54) is 27.4 Å². The number of piperidine rings is 1. The number of aliphatic hydroxyl groups is 1. The SMILES string of the molecule is C=C.CC.CC.CN=C(N)C1(O)CCN(C=O)CC1.Cc1nc(-c2ccc(O)c3nc(C(F)(F)P)ccc23)oc1CN. The van der Waals surface area contributed by atoms with Crippen molar-refractivity contribution in [3.8, 4) is 17.2 Å². The molecule has 1 aromatic carbocycles. The smallest absolute Gasteiger partial charge is 0.300 e. The third-order valence-corrected chi connectivity index (χ3v) is 6.27. The monoisotopic (exact) mass is 610 g/mol. The van der Waals surface area contributed by atoms with E-state index in [1.54, 1.807) is 24.9 Å². The highest BCUT2D eigenvalue weighted by Crippen LogP contribution is 2.38. The van der Waals surface area contributed by atoms with Crippen molar-refractivity contribution in [3.05, 3.63) is 54.6 Å². The molecule has 1 saturated heterocycles. The molecule has 3 heterocycles. The number of aromatic hydroxyl groups is 1. The van der Waals surface area contributed by atoms with Gasteiger partial charge in [0.1, 0.15) is 34.2 Å². The molecule has 0 aliphatic carbocycles. The van der Waals surface area contributed by atoms with Crippen molar-refractivity contribution < 1.29 is 28.2 Å². The number of hydrogen-bond donors (Lipinski definition) is 4. The molecule has 0 radical (unpaired) electrons. The zero-order valence-electron chi connectivity index (χ0n) is 25.3. The summed E-state index contributed by atoms with van der Waals surface area (Å²) in [4.78, 5) is 23.9. The summed E-state index contributed by atoms with van der Waals surface area (Å²) in [6, 6.07) is 5.64. The number of likely N-dealkylation sites (tertiary alicyclic amines) is 1. The van der Waals surface area contributed by atoms with E-state index in [0.29, 0.717) is 54.2 Å². The van der Waals surface area contributed by atoms with Gasteiger partial charge >= 0.3 is 0 Å². The highest BCUT2D eigenvalue weighted by Gasteiger charge is 2.35. The Morgan fingerprint density at radius 1 is 1.19 bits per heavy atom. The molecule has 4 rings (SSSR count). The van der Waals surface area contributed by atoms with Crippen LogP contribution in [-0.2, 0) is 17.0 Å². The Balaban J connectivity index is 0.000000754. The summed E-state index contributed by atoms with van der Waals surface area (Å²) in [5.74, 6) is 0.919. The number of nitrogens with zero attached hydrogens (tertiary/aromatic N) is 4. The number of phenolic OH excluding ortho intramolecular Hbond substituents is 1. The highest BCUT2D eigenvalue weighted by molar-refractivity contribution is 7.17. The molecule has 13 heteroatoms. The van der Waals surface area contributed by atoms with Crippen molar-refractivity contribution in [2.45, 2.75) is 65.3 Å². The second-order valence-corrected chi connectivity index (χ2v) is 9.09. The first kappa shape index (κ1) is 38.5. The number of halogens is 2. The van der Waals surface area contributed by atoms with Gasteiger partial charge in [0.2, 0.25) is 12.3 Å². The van der Waals surface area contributed by atoms with Gasteiger partial charge in [-0.15, -0.1) is 13.2 Å². The van der Waals surface area contributed by atoms with Gasteiger partial charge in [0.05, 0.1) is 12.2 Å². The van der Waals surface area contributed by atoms with Crippen LogP contribution in [-0.4, -0.2) is 63.1 Å². The topological polar surface area (TPSA) is 164 Å². The van der Waals surface area contributed by atoms with Gasteiger partial charge in [-0.25, -0.2) is 9.97 Å². The molecule has 10 nitrogen and oxygen atoms in total. The fraction of sp³-hybridized carbons (Fsp3) is 0.448. The van der Waals surface area contributed by atoms with Crippen LogP contribution >= 0.6 is 9.24 Å². The summed E-state index contributed by atoms with van der Waals surface area (Å²) in [5, 5.41) is 20.4. The summed E-state index contributed by atoms with van der Waals surface area (Å²) in [6.07, 6.45) is 1.72. The minimum Gasteiger partial charge on any atom is -0.506 e. The fourth-order valence-corrected chi connectivity index (χ4v) is 3.93. The lowest BCUT2D eigenvalue weighted by Crippen LogP contribution is -2.52. The number of hydrogen-bond acceptors (Lipinski definition) is 8. The minimum absolute atomic E-state index is 0.0623. The lowest BCUT2D eigenvalue weighted by atomic mass is 9.90. The maximum atomic E-state index is 13.4. The Bertz CT molecular complexity index is 1290. The van der Waals surface area contributed by atoms with Crippen LogP contribution in [0.25, 0.3) is 22.4 Å². The van der Waals surface area contributed by atoms with Crippen LogP contribution in [0.3, 0.4) is 0 Å². The average Bonchev–Trinajstić information content (AvgIpc) is 3.40. The van der Waals surface area contributed by atoms with E-state index in [4.69, 9.17) is 15.9 Å². The lowest BCUT2D eigenvalue weighted by molar-refractivity contribution is -0.120. The van der Waals surface area contributed by atoms with Crippen LogP contribution in [0, 0.1) is 6.92 Å². The number of aryl methyl sites for hydroxylation is 1. The van der Waals surface area contributed by atoms with Gasteiger partial charge in [-0.1, -0.05) is 36.9 Å². The molecule has 1 unspecified atom stereocenters. The van der Waals surface area contributed by atoms with E-state index >= 15 is 0 Å². The second kappa shape index (κ2) is 18.1. The molecule has 1 atom stereocenters. The number of rotatable bonds is 5. The van der Waals surface area contributed by atoms with Gasteiger partial charge in [0, 0.05) is 43.9 Å². The van der Waals surface area contributed by atoms with Gasteiger partial charge < -0.3 is 31.0 Å². The van der Waals surface area contributed by atoms with Crippen LogP contribution in [0.15, 0.2) is 46.8 Å². The van der Waals surface area contributed by atoms with E-state index in [-0.39, 0.29) is 23.6 Å². The third-order valence-electron chi connectivity index (χ3n) is 5.98. The molecular weight excluding hydrogens is 565 g/mol. The van der Waals surface area contributed by atoms with Gasteiger partial charge in [-0.05, 0) is 31.2 Å². The van der Waals surface area contributed by atoms with Crippen LogP contribution < -0.4 is 11.5 Å². The zero-order valence-corrected chi connectivity index (χ0v) is 26.5. The Morgan fingerprint density at radius 2 is 1.76 bits per heavy atom. The zero-order chi connectivity index (χ0) is 32.7. The van der Waals surface area contributed by atoms with Gasteiger partial charge in [-0.3, -0.25) is 9.79 Å². The minimum atomic E-state index is -3.18. The number of benzene rings is 1. The van der Waals surface area contributed by atoms with Crippen LogP contribution in [0.4, 0.5) is 8.78 Å². The number of carbonyl (C=O) groups is 1. The Hall–Kier alpha value is -3.47. The van der Waals surface area contributed by atoms with Crippen molar-refractivity contribution >= 4 is 32.4 Å². The standard InChI is InChI=1S/C15H14F2N3O2P.C8H15N3O2.2C2H6.C2H4/c1-7-11(6-18)22-14(19-7)9-2-4-10(21)13-8(9)3-5-12(20-13)15(16,17)23;1-10-7(9)8(13)2-4-11(6-12)5-3-8;3*1-2/h2-5,21H,6,18,23H2,1H3;6,13H,2-5H2,1H3,(H2,9,10);2*1-2H3;1-2H2. The summed E-state index contributed by atoms with van der Waals surface area (Å²) < 4.78 is 32.4. The molecule has 3 aromatic rings. The molecule has 1 aliphatic rings. The van der Waals surface area contributed by atoms with Crippen molar-refractivity contribution in [3.63, 3.8) is 0 Å². The Labute approximate surface area is 249 Å². The molecule has 234 valence electrons. The summed E-state index contributed by atoms with van der Waals surface area (Å²) in [7, 11) is 2.98. The quantitative estimate of drug-likeness (QED) is 0.102. The number of aliphatic imine (C=N–C) groups is 1. The van der Waals surface area contributed by atoms with Gasteiger partial charge in [0.25, 0.3) is 5.66 Å². The van der Waals surface area contributed by atoms with Crippen molar-refractivity contribution in [2.24, 2.45) is 16.5 Å². The first-order valence-corrected chi connectivity index (χ1v) is 14.1. The van der Waals surface area contributed by atoms with Gasteiger partial charge in [0.15, 0.2) is 0 Å². The van der Waals surface area contributed by atoms with E-state index in [0.717, 1.165) is 6.41 Å². The number of fused-ring (bicyclic) bond motifs is 1. The highest BCUT2D eigenvalue weighted by atomic mass is 31.0. The van der Waals surface area contributed by atoms with E-state index in [2.05, 4.69) is 28.1 Å². The molecule has 6 N–H and O–H groups in total. The molecule has 2 aromatic heterocycles. The number of oxazole rings is 1. The molecular formula is C29H45F2N6O4P. The summed E-state index contributed by atoms with van der Waals surface area (Å²) in [5.41, 5.74) is 7.77. The number of nitrogens with two attached hydrogens (primary N) is 2. The average molecular weight is 611 g/mol. The maximum Gasteiger partial charge on any atom is 0.300 e. The maximum absolute atomic E-state index is 13.4.